The van der Waals surface area contributed by atoms with Gasteiger partial charge in [-0.15, -0.1) is 0 Å². The van der Waals surface area contributed by atoms with E-state index < -0.39 is 6.10 Å². The predicted octanol–water partition coefficient (Wildman–Crippen LogP) is 1.55. The molecule has 35 heavy (non-hydrogen) atoms. The van der Waals surface area contributed by atoms with Crippen LogP contribution in [0.25, 0.3) is 0 Å². The normalized spacial score (nSPS) is 14.4. The third-order valence-corrected chi connectivity index (χ3v) is 5.99. The van der Waals surface area contributed by atoms with Gasteiger partial charge in [0.15, 0.2) is 0 Å². The smallest absolute Gasteiger partial charge is 0.409 e. The van der Waals surface area contributed by atoms with Crippen molar-refractivity contribution in [1.29, 1.82) is 0 Å². The SMILES string of the molecule is CCOc1nc(N2CCN(C(=O)OC)CC2)ccc1C(=O)NC[C@@H](O)CCc1ccccc1CN. The average molecular weight is 486 g/mol. The number of anilines is 1. The molecule has 1 aliphatic rings. The van der Waals surface area contributed by atoms with Gasteiger partial charge in [0.25, 0.3) is 5.91 Å². The van der Waals surface area contributed by atoms with E-state index in [4.69, 9.17) is 15.2 Å². The van der Waals surface area contributed by atoms with Gasteiger partial charge in [-0.05, 0) is 43.0 Å². The minimum absolute atomic E-state index is 0.117. The van der Waals surface area contributed by atoms with Crippen molar-refractivity contribution >= 4 is 17.8 Å². The number of aromatic nitrogens is 1. The van der Waals surface area contributed by atoms with E-state index in [0.717, 1.165) is 11.1 Å². The number of nitrogens with two attached hydrogens (primary N) is 1. The molecule has 0 aliphatic carbocycles. The van der Waals surface area contributed by atoms with Crippen LogP contribution in [0.3, 0.4) is 0 Å². The molecule has 10 nitrogen and oxygen atoms in total. The summed E-state index contributed by atoms with van der Waals surface area (Å²) in [7, 11) is 1.37. The molecule has 3 rings (SSSR count). The van der Waals surface area contributed by atoms with Gasteiger partial charge in [0.2, 0.25) is 5.88 Å². The summed E-state index contributed by atoms with van der Waals surface area (Å²) in [4.78, 5) is 32.8. The number of carbonyl (C=O) groups is 2. The van der Waals surface area contributed by atoms with E-state index >= 15 is 0 Å². The monoisotopic (exact) mass is 485 g/mol. The maximum absolute atomic E-state index is 12.8. The Morgan fingerprint density at radius 1 is 1.14 bits per heavy atom. The first-order valence-corrected chi connectivity index (χ1v) is 11.9. The van der Waals surface area contributed by atoms with Crippen molar-refractivity contribution in [3.8, 4) is 5.88 Å². The van der Waals surface area contributed by atoms with Gasteiger partial charge in [0.05, 0.1) is 19.8 Å². The molecule has 0 radical (unpaired) electrons. The lowest BCUT2D eigenvalue weighted by molar-refractivity contribution is 0.0906. The lowest BCUT2D eigenvalue weighted by Crippen LogP contribution is -2.49. The first kappa shape index (κ1) is 26.2. The van der Waals surface area contributed by atoms with Crippen LogP contribution in [-0.4, -0.2) is 79.5 Å². The zero-order valence-electron chi connectivity index (χ0n) is 20.4. The summed E-state index contributed by atoms with van der Waals surface area (Å²) in [6, 6.07) is 11.3. The van der Waals surface area contributed by atoms with Crippen LogP contribution in [0.4, 0.5) is 10.6 Å². The van der Waals surface area contributed by atoms with Crippen molar-refractivity contribution in [3.63, 3.8) is 0 Å². The van der Waals surface area contributed by atoms with E-state index in [1.54, 1.807) is 17.0 Å². The molecule has 1 aromatic carbocycles. The van der Waals surface area contributed by atoms with Crippen LogP contribution < -0.4 is 20.7 Å². The van der Waals surface area contributed by atoms with E-state index in [-0.39, 0.29) is 24.4 Å². The molecule has 10 heteroatoms. The van der Waals surface area contributed by atoms with Crippen molar-refractivity contribution in [2.45, 2.75) is 32.4 Å². The molecule has 1 aliphatic heterocycles. The van der Waals surface area contributed by atoms with E-state index in [2.05, 4.69) is 10.3 Å². The molecule has 0 unspecified atom stereocenters. The number of hydrogen-bond donors (Lipinski definition) is 3. The fourth-order valence-electron chi connectivity index (χ4n) is 4.00. The molecule has 1 atom stereocenters. The molecular weight excluding hydrogens is 450 g/mol. The Morgan fingerprint density at radius 3 is 2.51 bits per heavy atom. The van der Waals surface area contributed by atoms with Gasteiger partial charge in [-0.25, -0.2) is 4.79 Å². The number of carbonyl (C=O) groups excluding carboxylic acids is 2. The topological polar surface area (TPSA) is 130 Å². The molecule has 4 N–H and O–H groups in total. The summed E-state index contributed by atoms with van der Waals surface area (Å²) in [5, 5.41) is 13.2. The number of nitrogens with zero attached hydrogens (tertiary/aromatic N) is 3. The molecule has 2 amide bonds. The Hall–Kier alpha value is -3.37. The van der Waals surface area contributed by atoms with E-state index in [0.29, 0.717) is 63.6 Å². The molecule has 1 fully saturated rings. The standard InChI is InChI=1S/C25H35N5O5/c1-3-35-24-21(10-11-22(28-24)29-12-14-30(15-13-29)25(33)34-2)23(32)27-17-20(31)9-8-18-6-4-5-7-19(18)16-26/h4-7,10-11,20,31H,3,8-9,12-17,26H2,1-2H3,(H,27,32)/t20-/m0/s1. The zero-order chi connectivity index (χ0) is 25.2. The number of ether oxygens (including phenoxy) is 2. The van der Waals surface area contributed by atoms with Crippen LogP contribution in [-0.2, 0) is 17.7 Å². The van der Waals surface area contributed by atoms with E-state index in [1.165, 1.54) is 7.11 Å². The third kappa shape index (κ3) is 7.06. The lowest BCUT2D eigenvalue weighted by atomic mass is 10.0. The molecule has 1 saturated heterocycles. The minimum atomic E-state index is -0.696. The molecule has 190 valence electrons. The highest BCUT2D eigenvalue weighted by Gasteiger charge is 2.24. The van der Waals surface area contributed by atoms with Crippen LogP contribution in [0.2, 0.25) is 0 Å². The fourth-order valence-corrected chi connectivity index (χ4v) is 4.00. The summed E-state index contributed by atoms with van der Waals surface area (Å²) >= 11 is 0. The van der Waals surface area contributed by atoms with Gasteiger partial charge < -0.3 is 35.4 Å². The van der Waals surface area contributed by atoms with Crippen LogP contribution >= 0.6 is 0 Å². The van der Waals surface area contributed by atoms with Gasteiger partial charge in [0, 0.05) is 39.3 Å². The number of hydrogen-bond acceptors (Lipinski definition) is 8. The van der Waals surface area contributed by atoms with E-state index in [9.17, 15) is 14.7 Å². The van der Waals surface area contributed by atoms with Gasteiger partial charge in [-0.3, -0.25) is 4.79 Å². The summed E-state index contributed by atoms with van der Waals surface area (Å²) in [5.74, 6) is 0.557. The molecule has 0 bridgehead atoms. The van der Waals surface area contributed by atoms with Crippen LogP contribution in [0, 0.1) is 0 Å². The van der Waals surface area contributed by atoms with Gasteiger partial charge >= 0.3 is 6.09 Å². The highest BCUT2D eigenvalue weighted by atomic mass is 16.5. The number of nitrogens with one attached hydrogen (secondary N) is 1. The maximum Gasteiger partial charge on any atom is 0.409 e. The highest BCUT2D eigenvalue weighted by molar-refractivity contribution is 5.96. The summed E-state index contributed by atoms with van der Waals surface area (Å²) in [6.45, 7) is 4.99. The van der Waals surface area contributed by atoms with Crippen LogP contribution in [0.1, 0.15) is 34.8 Å². The van der Waals surface area contributed by atoms with Gasteiger partial charge in [-0.2, -0.15) is 4.98 Å². The Labute approximate surface area is 206 Å². The molecule has 2 aromatic rings. The minimum Gasteiger partial charge on any atom is -0.477 e. The number of aryl methyl sites for hydroxylation is 1. The first-order chi connectivity index (χ1) is 17.0. The van der Waals surface area contributed by atoms with Crippen molar-refractivity contribution in [2.24, 2.45) is 5.73 Å². The Bertz CT molecular complexity index is 994. The lowest BCUT2D eigenvalue weighted by Gasteiger charge is -2.34. The molecular formula is C25H35N5O5. The third-order valence-electron chi connectivity index (χ3n) is 5.99. The van der Waals surface area contributed by atoms with E-state index in [1.807, 2.05) is 36.1 Å². The van der Waals surface area contributed by atoms with Crippen LogP contribution in [0.5, 0.6) is 5.88 Å². The fraction of sp³-hybridized carbons (Fsp3) is 0.480. The molecule has 0 saturated carbocycles. The zero-order valence-corrected chi connectivity index (χ0v) is 20.4. The van der Waals surface area contributed by atoms with Gasteiger partial charge in [0.1, 0.15) is 11.4 Å². The summed E-state index contributed by atoms with van der Waals surface area (Å²) in [6.07, 6.45) is 0.141. The van der Waals surface area contributed by atoms with Crippen molar-refractivity contribution in [2.75, 3.05) is 51.3 Å². The number of aliphatic hydroxyl groups is 1. The number of methoxy groups -OCH3 is 1. The summed E-state index contributed by atoms with van der Waals surface area (Å²) < 4.78 is 10.4. The van der Waals surface area contributed by atoms with Gasteiger partial charge in [-0.1, -0.05) is 24.3 Å². The Morgan fingerprint density at radius 2 is 1.86 bits per heavy atom. The predicted molar refractivity (Wildman–Crippen MR) is 133 cm³/mol. The van der Waals surface area contributed by atoms with Crippen LogP contribution in [0.15, 0.2) is 36.4 Å². The largest absolute Gasteiger partial charge is 0.477 e. The number of aliphatic hydroxyl groups excluding tert-OH is 1. The summed E-state index contributed by atoms with van der Waals surface area (Å²) in [5.41, 5.74) is 8.25. The maximum atomic E-state index is 12.8. The van der Waals surface area contributed by atoms with Crippen molar-refractivity contribution < 1.29 is 24.2 Å². The molecule has 2 heterocycles. The second-order valence-electron chi connectivity index (χ2n) is 8.27. The highest BCUT2D eigenvalue weighted by Crippen LogP contribution is 2.23. The number of pyridine rings is 1. The number of amides is 2. The average Bonchev–Trinajstić information content (AvgIpc) is 2.90. The Kier molecular flexibility index (Phi) is 9.68. The van der Waals surface area contributed by atoms with Crippen molar-refractivity contribution in [3.05, 3.63) is 53.1 Å². The number of benzene rings is 1. The second kappa shape index (κ2) is 12.9. The second-order valence-corrected chi connectivity index (χ2v) is 8.27. The first-order valence-electron chi connectivity index (χ1n) is 11.9. The number of rotatable bonds is 10. The quantitative estimate of drug-likeness (QED) is 0.462. The number of piperazine rings is 1. The molecule has 1 aromatic heterocycles. The molecule has 0 spiro atoms. The Balaban J connectivity index is 1.57. The van der Waals surface area contributed by atoms with Crippen molar-refractivity contribution in [1.82, 2.24) is 15.2 Å².